The number of carbonyl (C=O) groups is 1. The molecule has 0 unspecified atom stereocenters. The fraction of sp³-hybridized carbons (Fsp3) is 0.316. The number of amides is 1. The van der Waals surface area contributed by atoms with Crippen LogP contribution in [0.5, 0.6) is 0 Å². The third-order valence-corrected chi connectivity index (χ3v) is 9.22. The van der Waals surface area contributed by atoms with Crippen molar-refractivity contribution in [3.05, 3.63) is 119 Å². The van der Waals surface area contributed by atoms with Crippen LogP contribution >= 0.6 is 0 Å². The average Bonchev–Trinajstić information content (AvgIpc) is 3.66. The molecule has 1 aliphatic rings. The highest BCUT2D eigenvalue weighted by molar-refractivity contribution is 5.92. The second-order valence-corrected chi connectivity index (χ2v) is 11.8. The summed E-state index contributed by atoms with van der Waals surface area (Å²) in [5.74, 6) is 2.05. The highest BCUT2D eigenvalue weighted by Crippen LogP contribution is 2.42. The van der Waals surface area contributed by atoms with Crippen LogP contribution in [0.1, 0.15) is 92.1 Å². The lowest BCUT2D eigenvalue weighted by Gasteiger charge is -2.31. The SMILES string of the molecule is CCC[C@H](NC(=O)C1(c2ccc(Cc3c4ccccc4n4c(CC)cc(C=C=O)nc34)cc2)CCCC1)c1ccccc1. The van der Waals surface area contributed by atoms with Crippen LogP contribution in [-0.2, 0) is 27.8 Å². The summed E-state index contributed by atoms with van der Waals surface area (Å²) in [5, 5.41) is 4.62. The molecule has 6 rings (SSSR count). The molecule has 218 valence electrons. The van der Waals surface area contributed by atoms with E-state index in [4.69, 9.17) is 4.98 Å². The van der Waals surface area contributed by atoms with E-state index in [-0.39, 0.29) is 11.9 Å². The minimum Gasteiger partial charge on any atom is -0.349 e. The second-order valence-electron chi connectivity index (χ2n) is 11.8. The van der Waals surface area contributed by atoms with Gasteiger partial charge in [0.25, 0.3) is 0 Å². The van der Waals surface area contributed by atoms with E-state index in [0.29, 0.717) is 12.1 Å². The van der Waals surface area contributed by atoms with Crippen LogP contribution in [0, 0.1) is 0 Å². The zero-order valence-corrected chi connectivity index (χ0v) is 25.1. The number of aryl methyl sites for hydroxylation is 1. The molecule has 0 aliphatic heterocycles. The maximum absolute atomic E-state index is 14.1. The Balaban J connectivity index is 1.33. The van der Waals surface area contributed by atoms with E-state index in [0.717, 1.165) is 78.3 Å². The maximum atomic E-state index is 14.1. The maximum Gasteiger partial charge on any atom is 0.231 e. The van der Waals surface area contributed by atoms with Gasteiger partial charge in [0.15, 0.2) is 0 Å². The van der Waals surface area contributed by atoms with Crippen LogP contribution in [0.15, 0.2) is 84.9 Å². The number of hydrogen-bond acceptors (Lipinski definition) is 3. The summed E-state index contributed by atoms with van der Waals surface area (Å²) in [6, 6.07) is 29.4. The van der Waals surface area contributed by atoms with Gasteiger partial charge in [-0.1, -0.05) is 106 Å². The second kappa shape index (κ2) is 12.4. The molecule has 0 spiro atoms. The Kier molecular flexibility index (Phi) is 8.26. The summed E-state index contributed by atoms with van der Waals surface area (Å²) in [4.78, 5) is 30.1. The number of hydrogen-bond donors (Lipinski definition) is 1. The van der Waals surface area contributed by atoms with E-state index in [1.54, 1.807) is 0 Å². The van der Waals surface area contributed by atoms with Crippen molar-refractivity contribution in [3.63, 3.8) is 0 Å². The van der Waals surface area contributed by atoms with Crippen molar-refractivity contribution in [1.29, 1.82) is 0 Å². The lowest BCUT2D eigenvalue weighted by molar-refractivity contribution is -0.127. The van der Waals surface area contributed by atoms with Crippen LogP contribution in [0.3, 0.4) is 0 Å². The van der Waals surface area contributed by atoms with E-state index in [2.05, 4.69) is 84.2 Å². The molecule has 5 nitrogen and oxygen atoms in total. The normalized spacial score (nSPS) is 14.9. The molecule has 1 atom stereocenters. The molecule has 5 aromatic rings. The van der Waals surface area contributed by atoms with Crippen molar-refractivity contribution in [1.82, 2.24) is 14.7 Å². The van der Waals surface area contributed by atoms with Crippen molar-refractivity contribution in [2.75, 3.05) is 0 Å². The lowest BCUT2D eigenvalue weighted by atomic mass is 9.77. The fourth-order valence-electron chi connectivity index (χ4n) is 7.02. The van der Waals surface area contributed by atoms with Gasteiger partial charge in [-0.2, -0.15) is 0 Å². The third-order valence-electron chi connectivity index (χ3n) is 9.22. The number of aromatic nitrogens is 2. The minimum absolute atomic E-state index is 0.0197. The zero-order chi connectivity index (χ0) is 29.8. The minimum atomic E-state index is -0.498. The van der Waals surface area contributed by atoms with E-state index in [1.165, 1.54) is 17.2 Å². The number of fused-ring (bicyclic) bond motifs is 3. The first-order valence-corrected chi connectivity index (χ1v) is 15.7. The van der Waals surface area contributed by atoms with Gasteiger partial charge >= 0.3 is 0 Å². The predicted octanol–water partition coefficient (Wildman–Crippen LogP) is 7.95. The molecule has 3 aromatic carbocycles. The highest BCUT2D eigenvalue weighted by Gasteiger charge is 2.43. The van der Waals surface area contributed by atoms with Gasteiger partial charge in [-0.05, 0) is 54.5 Å². The average molecular weight is 570 g/mol. The molecule has 0 bridgehead atoms. The monoisotopic (exact) mass is 569 g/mol. The molecule has 0 radical (unpaired) electrons. The van der Waals surface area contributed by atoms with Crippen LogP contribution in [-0.4, -0.2) is 21.2 Å². The first kappa shape index (κ1) is 28.6. The van der Waals surface area contributed by atoms with E-state index < -0.39 is 5.41 Å². The quantitative estimate of drug-likeness (QED) is 0.174. The molecule has 5 heteroatoms. The molecular formula is C38H39N3O2. The topological polar surface area (TPSA) is 63.5 Å². The summed E-state index contributed by atoms with van der Waals surface area (Å²) in [6.45, 7) is 4.29. The van der Waals surface area contributed by atoms with Gasteiger partial charge in [-0.15, -0.1) is 0 Å². The summed E-state index contributed by atoms with van der Waals surface area (Å²) in [7, 11) is 0. The number of carbonyl (C=O) groups excluding carboxylic acids is 2. The summed E-state index contributed by atoms with van der Waals surface area (Å²) in [6.07, 6.45) is 8.72. The van der Waals surface area contributed by atoms with Crippen molar-refractivity contribution >= 4 is 34.5 Å². The Hall–Kier alpha value is -4.47. The van der Waals surface area contributed by atoms with Crippen molar-refractivity contribution in [3.8, 4) is 0 Å². The van der Waals surface area contributed by atoms with Gasteiger partial charge in [0, 0.05) is 29.1 Å². The van der Waals surface area contributed by atoms with Crippen molar-refractivity contribution in [2.24, 2.45) is 0 Å². The van der Waals surface area contributed by atoms with Crippen LogP contribution in [0.2, 0.25) is 0 Å². The summed E-state index contributed by atoms with van der Waals surface area (Å²) < 4.78 is 2.22. The Bertz CT molecular complexity index is 1790. The predicted molar refractivity (Wildman–Crippen MR) is 174 cm³/mol. The van der Waals surface area contributed by atoms with Crippen molar-refractivity contribution < 1.29 is 9.59 Å². The van der Waals surface area contributed by atoms with E-state index in [9.17, 15) is 9.59 Å². The largest absolute Gasteiger partial charge is 0.349 e. The third kappa shape index (κ3) is 5.42. The zero-order valence-electron chi connectivity index (χ0n) is 25.1. The van der Waals surface area contributed by atoms with Gasteiger partial charge in [-0.3, -0.25) is 9.20 Å². The first-order valence-electron chi connectivity index (χ1n) is 15.7. The molecule has 1 aliphatic carbocycles. The summed E-state index contributed by atoms with van der Waals surface area (Å²) in [5.41, 5.74) is 7.81. The molecule has 2 aromatic heterocycles. The molecule has 43 heavy (non-hydrogen) atoms. The smallest absolute Gasteiger partial charge is 0.231 e. The van der Waals surface area contributed by atoms with E-state index in [1.807, 2.05) is 30.2 Å². The number of rotatable bonds is 10. The van der Waals surface area contributed by atoms with Crippen LogP contribution < -0.4 is 5.32 Å². The summed E-state index contributed by atoms with van der Waals surface area (Å²) >= 11 is 0. The molecular weight excluding hydrogens is 530 g/mol. The molecule has 0 saturated heterocycles. The standard InChI is InChI=1S/C38H39N3O2/c1-3-12-34(28-13-6-5-7-14-28)40-37(43)38(22-10-11-23-38)29-19-17-27(18-20-29)25-33-32-15-8-9-16-35(32)41-31(4-2)26-30(21-24-42)39-36(33)41/h5-9,13-21,26,34H,3-4,10-12,22-23,25H2,1-2H3,(H,40,43)/t34-/m0/s1. The molecule has 1 N–H and O–H groups in total. The highest BCUT2D eigenvalue weighted by atomic mass is 16.2. The fourth-order valence-corrected chi connectivity index (χ4v) is 7.02. The van der Waals surface area contributed by atoms with E-state index >= 15 is 0 Å². The Labute approximate surface area is 253 Å². The Morgan fingerprint density at radius 3 is 2.42 bits per heavy atom. The van der Waals surface area contributed by atoms with Gasteiger partial charge in [0.05, 0.1) is 22.7 Å². The van der Waals surface area contributed by atoms with Gasteiger partial charge in [0.1, 0.15) is 11.6 Å². The molecule has 1 saturated carbocycles. The Morgan fingerprint density at radius 1 is 1.00 bits per heavy atom. The molecule has 1 fully saturated rings. The van der Waals surface area contributed by atoms with Crippen molar-refractivity contribution in [2.45, 2.75) is 76.7 Å². The number of benzene rings is 3. The molecule has 1 amide bonds. The van der Waals surface area contributed by atoms with Gasteiger partial charge in [-0.25, -0.2) is 9.78 Å². The molecule has 2 heterocycles. The number of nitrogens with zero attached hydrogens (tertiary/aromatic N) is 2. The Morgan fingerprint density at radius 2 is 1.72 bits per heavy atom. The van der Waals surface area contributed by atoms with Gasteiger partial charge in [0.2, 0.25) is 5.91 Å². The lowest BCUT2D eigenvalue weighted by Crippen LogP contribution is -2.44. The van der Waals surface area contributed by atoms with Gasteiger partial charge < -0.3 is 5.32 Å². The van der Waals surface area contributed by atoms with Crippen LogP contribution in [0.25, 0.3) is 22.6 Å². The number of para-hydroxylation sites is 1. The first-order chi connectivity index (χ1) is 21.1. The number of nitrogens with one attached hydrogen (secondary N) is 1. The van der Waals surface area contributed by atoms with Crippen LogP contribution in [0.4, 0.5) is 0 Å².